The summed E-state index contributed by atoms with van der Waals surface area (Å²) in [5, 5.41) is 21.5. The van der Waals surface area contributed by atoms with Gasteiger partial charge in [-0.3, -0.25) is 19.4 Å². The van der Waals surface area contributed by atoms with Crippen LogP contribution in [-0.4, -0.2) is 83.0 Å². The molecule has 12 heteroatoms. The van der Waals surface area contributed by atoms with E-state index in [-0.39, 0.29) is 17.6 Å². The fraction of sp³-hybridized carbons (Fsp3) is 0.500. The van der Waals surface area contributed by atoms with E-state index in [1.54, 1.807) is 24.3 Å². The van der Waals surface area contributed by atoms with Crippen LogP contribution in [0.25, 0.3) is 0 Å². The van der Waals surface area contributed by atoms with Gasteiger partial charge in [0, 0.05) is 53.9 Å². The van der Waals surface area contributed by atoms with Gasteiger partial charge in [0.05, 0.1) is 23.0 Å². The van der Waals surface area contributed by atoms with Crippen LogP contribution in [0.5, 0.6) is 11.5 Å². The highest BCUT2D eigenvalue weighted by Crippen LogP contribution is 2.41. The molecule has 4 aromatic rings. The number of nitrogens with zero attached hydrogens (tertiary/aromatic N) is 6. The number of hydrogen-bond donors (Lipinski definition) is 2. The van der Waals surface area contributed by atoms with Gasteiger partial charge in [0.15, 0.2) is 5.84 Å². The molecular formula is C56H73N7O5. The number of aryl methyl sites for hydroxylation is 2. The van der Waals surface area contributed by atoms with Crippen LogP contribution in [0.2, 0.25) is 0 Å². The maximum Gasteiger partial charge on any atom is 0.272 e. The quantitative estimate of drug-likeness (QED) is 0.0391. The van der Waals surface area contributed by atoms with Crippen LogP contribution in [0.3, 0.4) is 0 Å². The highest BCUT2D eigenvalue weighted by atomic mass is 16.5. The number of ether oxygens (including phenoxy) is 2. The molecule has 2 saturated heterocycles. The van der Waals surface area contributed by atoms with Crippen LogP contribution in [0, 0.1) is 25.2 Å². The first kappa shape index (κ1) is 50.0. The number of unbranched alkanes of at least 4 members (excludes halogenated alkanes) is 4. The molecule has 0 spiro atoms. The van der Waals surface area contributed by atoms with Gasteiger partial charge in [-0.2, -0.15) is 5.26 Å². The lowest BCUT2D eigenvalue weighted by atomic mass is 9.97. The molecule has 68 heavy (non-hydrogen) atoms. The first-order valence-electron chi connectivity index (χ1n) is 25.1. The number of oxime groups is 1. The summed E-state index contributed by atoms with van der Waals surface area (Å²) in [6.45, 7) is 16.9. The Labute approximate surface area is 404 Å². The number of amides is 2. The Hall–Kier alpha value is -5.90. The Morgan fingerprint density at radius 2 is 1.06 bits per heavy atom. The molecule has 2 fully saturated rings. The summed E-state index contributed by atoms with van der Waals surface area (Å²) in [5.74, 6) is 1.29. The Kier molecular flexibility index (Phi) is 17.2. The fourth-order valence-corrected chi connectivity index (χ4v) is 10.7. The van der Waals surface area contributed by atoms with E-state index in [2.05, 4.69) is 48.7 Å². The molecule has 6 atom stereocenters. The summed E-state index contributed by atoms with van der Waals surface area (Å²) in [7, 11) is 0. The summed E-state index contributed by atoms with van der Waals surface area (Å²) in [6, 6.07) is 31.2. The lowest BCUT2D eigenvalue weighted by molar-refractivity contribution is -0.127. The zero-order valence-corrected chi connectivity index (χ0v) is 41.2. The van der Waals surface area contributed by atoms with Crippen LogP contribution in [0.15, 0.2) is 90.1 Å². The molecule has 4 heterocycles. The summed E-state index contributed by atoms with van der Waals surface area (Å²) in [4.78, 5) is 36.3. The van der Waals surface area contributed by atoms with Gasteiger partial charge in [-0.25, -0.2) is 0 Å². The average Bonchev–Trinajstić information content (AvgIpc) is 3.34. The molecule has 2 amide bonds. The Bertz CT molecular complexity index is 2410. The minimum Gasteiger partial charge on any atom is -0.474 e. The predicted molar refractivity (Wildman–Crippen MR) is 271 cm³/mol. The third kappa shape index (κ3) is 11.7. The number of carbonyl (C=O) groups is 2. The van der Waals surface area contributed by atoms with Crippen molar-refractivity contribution in [2.75, 3.05) is 36.0 Å². The third-order valence-electron chi connectivity index (χ3n) is 14.8. The van der Waals surface area contributed by atoms with Gasteiger partial charge in [-0.15, -0.1) is 0 Å². The van der Waals surface area contributed by atoms with Crippen LogP contribution >= 0.6 is 0 Å². The van der Waals surface area contributed by atoms with Crippen molar-refractivity contribution in [1.29, 1.82) is 5.26 Å². The summed E-state index contributed by atoms with van der Waals surface area (Å²) in [5.41, 5.74) is 11.9. The highest BCUT2D eigenvalue weighted by molar-refractivity contribution is 6.02. The van der Waals surface area contributed by atoms with Gasteiger partial charge < -0.3 is 30.2 Å². The lowest BCUT2D eigenvalue weighted by Crippen LogP contribution is -2.44. The molecular weight excluding hydrogens is 851 g/mol. The molecule has 3 N–H and O–H groups in total. The maximum atomic E-state index is 13.7. The predicted octanol–water partition coefficient (Wildman–Crippen LogP) is 10.8. The Balaban J connectivity index is 0.000000202. The molecule has 4 aromatic carbocycles. The smallest absolute Gasteiger partial charge is 0.272 e. The van der Waals surface area contributed by atoms with Crippen molar-refractivity contribution >= 4 is 29.0 Å². The molecule has 12 nitrogen and oxygen atoms in total. The minimum atomic E-state index is -0.772. The summed E-state index contributed by atoms with van der Waals surface area (Å²) in [6.07, 6.45) is 12.7. The molecule has 4 aliphatic rings. The number of anilines is 2. The second-order valence-corrected chi connectivity index (χ2v) is 19.5. The van der Waals surface area contributed by atoms with E-state index in [1.165, 1.54) is 38.5 Å². The maximum absolute atomic E-state index is 13.7. The third-order valence-corrected chi connectivity index (χ3v) is 14.8. The average molecular weight is 924 g/mol. The lowest BCUT2D eigenvalue weighted by Gasteiger charge is -2.39. The van der Waals surface area contributed by atoms with Crippen LogP contribution in [0.1, 0.15) is 150 Å². The van der Waals surface area contributed by atoms with Crippen molar-refractivity contribution in [2.45, 2.75) is 155 Å². The molecule has 0 aromatic heterocycles. The Morgan fingerprint density at radius 1 is 0.632 bits per heavy atom. The fourth-order valence-electron chi connectivity index (χ4n) is 10.7. The number of fused-ring (bicyclic) bond motifs is 2. The van der Waals surface area contributed by atoms with Gasteiger partial charge in [-0.05, 0) is 160 Å². The van der Waals surface area contributed by atoms with E-state index in [4.69, 9.17) is 20.4 Å². The van der Waals surface area contributed by atoms with E-state index in [0.29, 0.717) is 54.1 Å². The van der Waals surface area contributed by atoms with Crippen molar-refractivity contribution in [3.8, 4) is 17.6 Å². The van der Waals surface area contributed by atoms with Crippen molar-refractivity contribution in [3.63, 3.8) is 0 Å². The van der Waals surface area contributed by atoms with Crippen LogP contribution < -0.4 is 25.0 Å². The van der Waals surface area contributed by atoms with Crippen LogP contribution in [-0.2, 0) is 9.59 Å². The molecule has 0 unspecified atom stereocenters. The SMILES string of the molecule is Cc1ccc(C#N)cc1[C@@H]1Oc2ccccc2N(CCCCCN2[C@H](C)CCC[C@@H]2C)C1=O.Cc1ccc(C(N)=NO)cc1[C@@H]1Oc2ccccc2N(CCCCCN2[C@H](C)CCC[C@@H]2C)C1=O. The largest absolute Gasteiger partial charge is 0.474 e. The molecule has 4 aliphatic heterocycles. The number of benzene rings is 4. The van der Waals surface area contributed by atoms with E-state index in [9.17, 15) is 14.9 Å². The van der Waals surface area contributed by atoms with Crippen molar-refractivity contribution in [1.82, 2.24) is 9.80 Å². The molecule has 8 rings (SSSR count). The van der Waals surface area contributed by atoms with Gasteiger partial charge in [-0.1, -0.05) is 73.3 Å². The number of carbonyl (C=O) groups excluding carboxylic acids is 2. The number of nitrogens with two attached hydrogens (primary N) is 1. The number of para-hydroxylation sites is 4. The first-order valence-corrected chi connectivity index (χ1v) is 25.1. The molecule has 0 radical (unpaired) electrons. The molecule has 0 bridgehead atoms. The van der Waals surface area contributed by atoms with E-state index in [1.807, 2.05) is 84.3 Å². The van der Waals surface area contributed by atoms with E-state index < -0.39 is 12.2 Å². The van der Waals surface area contributed by atoms with Gasteiger partial charge in [0.2, 0.25) is 12.2 Å². The zero-order valence-electron chi connectivity index (χ0n) is 41.2. The number of likely N-dealkylation sites (tertiary alicyclic amines) is 2. The standard InChI is InChI=1S/C28H38N4O3.C28H35N3O2/c1-19-14-15-22(27(29)30-34)18-23(19)26-28(33)32(24-12-5-6-13-25(24)35-26)17-8-4-7-16-31-20(2)10-9-11-21(31)3;1-20-14-15-23(19-29)18-24(20)27-28(32)31(25-12-5-6-13-26(25)33-27)17-8-4-7-16-30-21(2)10-9-11-22(30)3/h5-6,12-15,18,20-21,26,34H,4,7-11,16-17H2,1-3H3,(H2,29,30);5-6,12-15,18,21-22,27H,4,7-11,16-17H2,1-3H3/t20-,21+,26-;21-,22+,27-/m00/s1. The molecule has 362 valence electrons. The van der Waals surface area contributed by atoms with Crippen molar-refractivity contribution in [3.05, 3.63) is 118 Å². The normalized spacial score (nSPS) is 23.1. The monoisotopic (exact) mass is 924 g/mol. The second-order valence-electron chi connectivity index (χ2n) is 19.5. The number of amidine groups is 1. The summed E-state index contributed by atoms with van der Waals surface area (Å²) >= 11 is 0. The first-order chi connectivity index (χ1) is 32.9. The van der Waals surface area contributed by atoms with Crippen LogP contribution in [0.4, 0.5) is 11.4 Å². The Morgan fingerprint density at radius 3 is 1.51 bits per heavy atom. The molecule has 0 aliphatic carbocycles. The topological polar surface area (TPSA) is 148 Å². The van der Waals surface area contributed by atoms with Gasteiger partial charge in [0.1, 0.15) is 11.5 Å². The minimum absolute atomic E-state index is 0.00380. The van der Waals surface area contributed by atoms with Crippen molar-refractivity contribution in [2.24, 2.45) is 10.9 Å². The second kappa shape index (κ2) is 23.4. The van der Waals surface area contributed by atoms with E-state index >= 15 is 0 Å². The summed E-state index contributed by atoms with van der Waals surface area (Å²) < 4.78 is 12.4. The number of rotatable bonds is 15. The number of piperidine rings is 2. The number of nitriles is 1. The highest BCUT2D eigenvalue weighted by Gasteiger charge is 2.38. The molecule has 0 saturated carbocycles. The van der Waals surface area contributed by atoms with Gasteiger partial charge >= 0.3 is 0 Å². The van der Waals surface area contributed by atoms with E-state index in [0.717, 1.165) is 91.0 Å². The van der Waals surface area contributed by atoms with Gasteiger partial charge in [0.25, 0.3) is 11.8 Å². The zero-order chi connectivity index (χ0) is 48.3. The number of hydrogen-bond acceptors (Lipinski definition) is 9. The van der Waals surface area contributed by atoms with Crippen molar-refractivity contribution < 1.29 is 24.3 Å².